The molecule has 0 aromatic heterocycles. The van der Waals surface area contributed by atoms with Crippen molar-refractivity contribution in [2.24, 2.45) is 0 Å². The molecule has 1 aliphatic rings. The van der Waals surface area contributed by atoms with Crippen molar-refractivity contribution < 1.29 is 0 Å². The number of benzene rings is 1. The van der Waals surface area contributed by atoms with Crippen LogP contribution in [0.25, 0.3) is 0 Å². The van der Waals surface area contributed by atoms with Crippen LogP contribution in [0.1, 0.15) is 25.0 Å². The molecule has 1 saturated heterocycles. The summed E-state index contributed by atoms with van der Waals surface area (Å²) < 4.78 is 0. The largest absolute Gasteiger partial charge is 0.399 e. The van der Waals surface area contributed by atoms with Gasteiger partial charge in [-0.05, 0) is 24.1 Å². The van der Waals surface area contributed by atoms with E-state index in [-0.39, 0.29) is 0 Å². The third kappa shape index (κ3) is 3.39. The summed E-state index contributed by atoms with van der Waals surface area (Å²) in [7, 11) is 0. The van der Waals surface area contributed by atoms with Gasteiger partial charge in [0.15, 0.2) is 0 Å². The lowest BCUT2D eigenvalue weighted by Gasteiger charge is -2.34. The quantitative estimate of drug-likeness (QED) is 0.818. The molecule has 2 atom stereocenters. The Bertz CT molecular complexity index is 382. The van der Waals surface area contributed by atoms with Gasteiger partial charge in [-0.25, -0.2) is 0 Å². The minimum absolute atomic E-state index is 0.738. The molecule has 94 valence electrons. The van der Waals surface area contributed by atoms with E-state index in [9.17, 15) is 0 Å². The third-order valence-corrected chi connectivity index (χ3v) is 4.47. The predicted octanol–water partition coefficient (Wildman–Crippen LogP) is 2.90. The van der Waals surface area contributed by atoms with Crippen molar-refractivity contribution in [1.82, 2.24) is 4.90 Å². The first kappa shape index (κ1) is 12.8. The third-order valence-electron chi connectivity index (χ3n) is 3.25. The van der Waals surface area contributed by atoms with Gasteiger partial charge in [0.1, 0.15) is 0 Å². The number of anilines is 1. The molecule has 1 aromatic rings. The van der Waals surface area contributed by atoms with Gasteiger partial charge in [-0.2, -0.15) is 11.8 Å². The van der Waals surface area contributed by atoms with Crippen LogP contribution in [0.2, 0.25) is 0 Å². The van der Waals surface area contributed by atoms with Crippen molar-refractivity contribution in [3.63, 3.8) is 0 Å². The van der Waals surface area contributed by atoms with Gasteiger partial charge in [0.2, 0.25) is 0 Å². The van der Waals surface area contributed by atoms with Crippen molar-refractivity contribution >= 4 is 17.4 Å². The first-order chi connectivity index (χ1) is 8.04. The van der Waals surface area contributed by atoms with E-state index in [1.165, 1.54) is 24.2 Å². The van der Waals surface area contributed by atoms with Crippen molar-refractivity contribution in [3.8, 4) is 0 Å². The SMILES string of the molecule is Cc1ccc(CN2CC(C)SC(C)C2)cc1N. The van der Waals surface area contributed by atoms with Crippen LogP contribution >= 0.6 is 11.8 Å². The van der Waals surface area contributed by atoms with E-state index in [0.717, 1.165) is 22.7 Å². The van der Waals surface area contributed by atoms with E-state index >= 15 is 0 Å². The van der Waals surface area contributed by atoms with Gasteiger partial charge in [-0.15, -0.1) is 0 Å². The summed E-state index contributed by atoms with van der Waals surface area (Å²) in [5, 5.41) is 1.48. The highest BCUT2D eigenvalue weighted by Crippen LogP contribution is 2.26. The zero-order valence-electron chi connectivity index (χ0n) is 10.9. The van der Waals surface area contributed by atoms with Crippen molar-refractivity contribution in [2.45, 2.75) is 37.8 Å². The van der Waals surface area contributed by atoms with E-state index < -0.39 is 0 Å². The first-order valence-electron chi connectivity index (χ1n) is 6.27. The zero-order chi connectivity index (χ0) is 12.4. The van der Waals surface area contributed by atoms with E-state index in [1.807, 2.05) is 0 Å². The lowest BCUT2D eigenvalue weighted by molar-refractivity contribution is 0.263. The second-order valence-corrected chi connectivity index (χ2v) is 7.02. The van der Waals surface area contributed by atoms with Gasteiger partial charge in [0.25, 0.3) is 0 Å². The summed E-state index contributed by atoms with van der Waals surface area (Å²) in [4.78, 5) is 2.54. The molecule has 2 N–H and O–H groups in total. The van der Waals surface area contributed by atoms with Crippen molar-refractivity contribution in [3.05, 3.63) is 29.3 Å². The molecule has 0 spiro atoms. The van der Waals surface area contributed by atoms with Crippen LogP contribution in [-0.4, -0.2) is 28.5 Å². The maximum atomic E-state index is 5.96. The number of nitrogen functional groups attached to an aromatic ring is 1. The molecule has 1 heterocycles. The molecule has 2 unspecified atom stereocenters. The molecule has 17 heavy (non-hydrogen) atoms. The fourth-order valence-electron chi connectivity index (χ4n) is 2.46. The number of hydrogen-bond acceptors (Lipinski definition) is 3. The van der Waals surface area contributed by atoms with Crippen LogP contribution in [0.15, 0.2) is 18.2 Å². The molecule has 0 amide bonds. The Morgan fingerprint density at radius 3 is 2.53 bits per heavy atom. The second kappa shape index (κ2) is 5.32. The second-order valence-electron chi connectivity index (χ2n) is 5.14. The van der Waals surface area contributed by atoms with Gasteiger partial charge >= 0.3 is 0 Å². The fraction of sp³-hybridized carbons (Fsp3) is 0.571. The van der Waals surface area contributed by atoms with Crippen LogP contribution in [0.5, 0.6) is 0 Å². The highest BCUT2D eigenvalue weighted by molar-refractivity contribution is 8.00. The summed E-state index contributed by atoms with van der Waals surface area (Å²) in [5.41, 5.74) is 9.37. The van der Waals surface area contributed by atoms with Crippen LogP contribution in [0.3, 0.4) is 0 Å². The average molecular weight is 250 g/mol. The topological polar surface area (TPSA) is 29.3 Å². The van der Waals surface area contributed by atoms with Crippen molar-refractivity contribution in [1.29, 1.82) is 0 Å². The lowest BCUT2D eigenvalue weighted by Crippen LogP contribution is -2.39. The van der Waals surface area contributed by atoms with Gasteiger partial charge in [-0.1, -0.05) is 26.0 Å². The lowest BCUT2D eigenvalue weighted by atomic mass is 10.1. The predicted molar refractivity (Wildman–Crippen MR) is 77.4 cm³/mol. The molecular formula is C14H22N2S. The van der Waals surface area contributed by atoms with E-state index in [1.54, 1.807) is 0 Å². The summed E-state index contributed by atoms with van der Waals surface area (Å²) in [6, 6.07) is 6.44. The molecule has 2 nitrogen and oxygen atoms in total. The van der Waals surface area contributed by atoms with Crippen LogP contribution in [0, 0.1) is 6.92 Å². The normalized spacial score (nSPS) is 26.1. The molecule has 2 rings (SSSR count). The van der Waals surface area contributed by atoms with E-state index in [2.05, 4.69) is 55.6 Å². The van der Waals surface area contributed by atoms with E-state index in [4.69, 9.17) is 5.73 Å². The Balaban J connectivity index is 2.02. The Hall–Kier alpha value is -0.670. The number of nitrogens with two attached hydrogens (primary N) is 1. The maximum absolute atomic E-state index is 5.96. The summed E-state index contributed by atoms with van der Waals surface area (Å²) >= 11 is 2.09. The number of rotatable bonds is 2. The Morgan fingerprint density at radius 2 is 1.94 bits per heavy atom. The summed E-state index contributed by atoms with van der Waals surface area (Å²) in [6.07, 6.45) is 0. The molecule has 3 heteroatoms. The molecular weight excluding hydrogens is 228 g/mol. The monoisotopic (exact) mass is 250 g/mol. The maximum Gasteiger partial charge on any atom is 0.0346 e. The van der Waals surface area contributed by atoms with Gasteiger partial charge in [-0.3, -0.25) is 4.90 Å². The van der Waals surface area contributed by atoms with Crippen LogP contribution in [0.4, 0.5) is 5.69 Å². The van der Waals surface area contributed by atoms with E-state index in [0.29, 0.717) is 0 Å². The van der Waals surface area contributed by atoms with Gasteiger partial charge in [0.05, 0.1) is 0 Å². The molecule has 0 bridgehead atoms. The Morgan fingerprint density at radius 1 is 1.29 bits per heavy atom. The first-order valence-corrected chi connectivity index (χ1v) is 7.21. The molecule has 0 aliphatic carbocycles. The number of hydrogen-bond donors (Lipinski definition) is 1. The van der Waals surface area contributed by atoms with Gasteiger partial charge < -0.3 is 5.73 Å². The highest BCUT2D eigenvalue weighted by atomic mass is 32.2. The van der Waals surface area contributed by atoms with Crippen molar-refractivity contribution in [2.75, 3.05) is 18.8 Å². The Labute approximate surface area is 109 Å². The summed E-state index contributed by atoms with van der Waals surface area (Å²) in [5.74, 6) is 0. The molecule has 1 aromatic carbocycles. The number of thioether (sulfide) groups is 1. The highest BCUT2D eigenvalue weighted by Gasteiger charge is 2.22. The van der Waals surface area contributed by atoms with Crippen LogP contribution in [-0.2, 0) is 6.54 Å². The standard InChI is InChI=1S/C14H22N2S/c1-10-4-5-13(6-14(10)15)9-16-7-11(2)17-12(3)8-16/h4-6,11-12H,7-9,15H2,1-3H3. The van der Waals surface area contributed by atoms with Crippen LogP contribution < -0.4 is 5.73 Å². The summed E-state index contributed by atoms with van der Waals surface area (Å²) in [6.45, 7) is 10.1. The zero-order valence-corrected chi connectivity index (χ0v) is 11.8. The average Bonchev–Trinajstić information content (AvgIpc) is 2.22. The minimum atomic E-state index is 0.738. The minimum Gasteiger partial charge on any atom is -0.399 e. The Kier molecular flexibility index (Phi) is 4.00. The smallest absolute Gasteiger partial charge is 0.0346 e. The molecule has 1 fully saturated rings. The number of aryl methyl sites for hydroxylation is 1. The fourth-order valence-corrected chi connectivity index (χ4v) is 3.85. The molecule has 1 aliphatic heterocycles. The molecule has 0 radical (unpaired) electrons. The van der Waals surface area contributed by atoms with Gasteiger partial charge in [0, 0.05) is 35.8 Å². The molecule has 0 saturated carbocycles. The number of nitrogens with zero attached hydrogens (tertiary/aromatic N) is 1.